The molecule has 1 rings (SSSR count). The molecule has 21 heavy (non-hydrogen) atoms. The lowest BCUT2D eigenvalue weighted by Crippen LogP contribution is -2.35. The summed E-state index contributed by atoms with van der Waals surface area (Å²) in [6.45, 7) is 10.9. The highest BCUT2D eigenvalue weighted by Gasteiger charge is 2.30. The van der Waals surface area contributed by atoms with Crippen molar-refractivity contribution in [3.63, 3.8) is 0 Å². The average Bonchev–Trinajstić information content (AvgIpc) is 2.30. The predicted octanol–water partition coefficient (Wildman–Crippen LogP) is 2.74. The SMILES string of the molecule is C=C1C[C@H](OC(C)=O)/C=C(\C)CC[C@@H](C(C)(C)O)C[C@H]1O. The van der Waals surface area contributed by atoms with Crippen molar-refractivity contribution in [2.24, 2.45) is 5.92 Å². The molecule has 120 valence electrons. The minimum atomic E-state index is -0.837. The molecule has 0 saturated heterocycles. The van der Waals surface area contributed by atoms with Crippen LogP contribution in [0, 0.1) is 5.92 Å². The number of rotatable bonds is 2. The van der Waals surface area contributed by atoms with E-state index in [1.165, 1.54) is 6.92 Å². The van der Waals surface area contributed by atoms with Crippen molar-refractivity contribution >= 4 is 5.97 Å². The summed E-state index contributed by atoms with van der Waals surface area (Å²) in [5.74, 6) is -0.337. The molecule has 0 bridgehead atoms. The van der Waals surface area contributed by atoms with Crippen LogP contribution in [0.15, 0.2) is 23.8 Å². The van der Waals surface area contributed by atoms with E-state index in [9.17, 15) is 15.0 Å². The van der Waals surface area contributed by atoms with E-state index in [0.717, 1.165) is 18.4 Å². The molecule has 0 spiro atoms. The van der Waals surface area contributed by atoms with Crippen LogP contribution in [0.2, 0.25) is 0 Å². The largest absolute Gasteiger partial charge is 0.458 e. The zero-order chi connectivity index (χ0) is 16.2. The maximum absolute atomic E-state index is 11.2. The van der Waals surface area contributed by atoms with Crippen molar-refractivity contribution in [3.8, 4) is 0 Å². The highest BCUT2D eigenvalue weighted by molar-refractivity contribution is 5.66. The van der Waals surface area contributed by atoms with Gasteiger partial charge in [0.15, 0.2) is 0 Å². The van der Waals surface area contributed by atoms with Crippen molar-refractivity contribution in [2.75, 3.05) is 0 Å². The number of hydrogen-bond acceptors (Lipinski definition) is 4. The molecule has 1 aliphatic carbocycles. The van der Waals surface area contributed by atoms with Gasteiger partial charge < -0.3 is 14.9 Å². The molecule has 0 aromatic heterocycles. The molecule has 4 heteroatoms. The summed E-state index contributed by atoms with van der Waals surface area (Å²) >= 11 is 0. The molecule has 0 radical (unpaired) electrons. The van der Waals surface area contributed by atoms with Gasteiger partial charge in [-0.1, -0.05) is 12.2 Å². The highest BCUT2D eigenvalue weighted by atomic mass is 16.5. The Morgan fingerprint density at radius 3 is 2.62 bits per heavy atom. The van der Waals surface area contributed by atoms with Crippen LogP contribution in [0.25, 0.3) is 0 Å². The van der Waals surface area contributed by atoms with Crippen molar-refractivity contribution < 1.29 is 19.7 Å². The molecule has 0 aromatic carbocycles. The third-order valence-electron chi connectivity index (χ3n) is 4.12. The molecular weight excluding hydrogens is 268 g/mol. The lowest BCUT2D eigenvalue weighted by atomic mass is 9.79. The fourth-order valence-corrected chi connectivity index (χ4v) is 2.74. The molecule has 0 unspecified atom stereocenters. The van der Waals surface area contributed by atoms with E-state index in [2.05, 4.69) is 6.58 Å². The number of esters is 1. The Hall–Kier alpha value is -1.13. The van der Waals surface area contributed by atoms with Gasteiger partial charge in [0.25, 0.3) is 0 Å². The second-order valence-corrected chi connectivity index (χ2v) is 6.66. The lowest BCUT2D eigenvalue weighted by Gasteiger charge is -2.33. The summed E-state index contributed by atoms with van der Waals surface area (Å²) in [6.07, 6.45) is 3.34. The minimum Gasteiger partial charge on any atom is -0.458 e. The summed E-state index contributed by atoms with van der Waals surface area (Å²) in [5.41, 5.74) is 0.928. The van der Waals surface area contributed by atoms with Crippen LogP contribution in [0.4, 0.5) is 0 Å². The van der Waals surface area contributed by atoms with Crippen molar-refractivity contribution in [1.29, 1.82) is 0 Å². The van der Waals surface area contributed by atoms with E-state index in [1.54, 1.807) is 13.8 Å². The zero-order valence-electron chi connectivity index (χ0n) is 13.6. The van der Waals surface area contributed by atoms with Gasteiger partial charge in [-0.05, 0) is 57.6 Å². The Morgan fingerprint density at radius 2 is 2.10 bits per heavy atom. The number of ether oxygens (including phenoxy) is 1. The Balaban J connectivity index is 2.95. The van der Waals surface area contributed by atoms with Gasteiger partial charge in [-0.15, -0.1) is 0 Å². The van der Waals surface area contributed by atoms with Gasteiger partial charge in [0.2, 0.25) is 0 Å². The minimum absolute atomic E-state index is 0.00197. The topological polar surface area (TPSA) is 66.8 Å². The summed E-state index contributed by atoms with van der Waals surface area (Å²) in [6, 6.07) is 0. The molecule has 0 fully saturated rings. The van der Waals surface area contributed by atoms with Crippen molar-refractivity contribution in [3.05, 3.63) is 23.8 Å². The molecule has 3 atom stereocenters. The van der Waals surface area contributed by atoms with Crippen LogP contribution in [-0.2, 0) is 9.53 Å². The maximum Gasteiger partial charge on any atom is 0.303 e. The fraction of sp³-hybridized carbons (Fsp3) is 0.706. The first-order valence-corrected chi connectivity index (χ1v) is 7.52. The Labute approximate surface area is 127 Å². The third kappa shape index (κ3) is 6.02. The van der Waals surface area contributed by atoms with Crippen LogP contribution in [0.1, 0.15) is 53.4 Å². The van der Waals surface area contributed by atoms with E-state index in [-0.39, 0.29) is 18.0 Å². The van der Waals surface area contributed by atoms with Gasteiger partial charge in [-0.25, -0.2) is 0 Å². The predicted molar refractivity (Wildman–Crippen MR) is 82.7 cm³/mol. The van der Waals surface area contributed by atoms with Crippen molar-refractivity contribution in [2.45, 2.75) is 71.2 Å². The molecule has 0 aliphatic heterocycles. The van der Waals surface area contributed by atoms with Gasteiger partial charge in [-0.2, -0.15) is 0 Å². The van der Waals surface area contributed by atoms with Gasteiger partial charge in [-0.3, -0.25) is 4.79 Å². The van der Waals surface area contributed by atoms with Crippen LogP contribution in [0.5, 0.6) is 0 Å². The lowest BCUT2D eigenvalue weighted by molar-refractivity contribution is -0.144. The summed E-state index contributed by atoms with van der Waals surface area (Å²) in [5, 5.41) is 20.5. The van der Waals surface area contributed by atoms with E-state index < -0.39 is 11.7 Å². The van der Waals surface area contributed by atoms with Crippen LogP contribution in [0.3, 0.4) is 0 Å². The molecule has 2 N–H and O–H groups in total. The summed E-state index contributed by atoms with van der Waals surface area (Å²) in [4.78, 5) is 11.2. The van der Waals surface area contributed by atoms with Crippen LogP contribution < -0.4 is 0 Å². The summed E-state index contributed by atoms with van der Waals surface area (Å²) in [7, 11) is 0. The quantitative estimate of drug-likeness (QED) is 0.607. The van der Waals surface area contributed by atoms with E-state index in [4.69, 9.17) is 4.74 Å². The number of aliphatic hydroxyl groups excluding tert-OH is 1. The van der Waals surface area contributed by atoms with E-state index in [0.29, 0.717) is 18.4 Å². The van der Waals surface area contributed by atoms with Crippen LogP contribution >= 0.6 is 0 Å². The Morgan fingerprint density at radius 1 is 1.48 bits per heavy atom. The van der Waals surface area contributed by atoms with E-state index in [1.807, 2.05) is 13.0 Å². The standard InChI is InChI=1S/C17H28O4/c1-11-6-7-14(17(4,5)20)10-16(19)12(2)9-15(8-11)21-13(3)18/h8,14-16,19-20H,2,6-7,9-10H2,1,3-5H3/b11-8+/t14-,15-,16-/m1/s1. The van der Waals surface area contributed by atoms with Gasteiger partial charge >= 0.3 is 5.97 Å². The summed E-state index contributed by atoms with van der Waals surface area (Å²) < 4.78 is 5.27. The first kappa shape index (κ1) is 17.9. The maximum atomic E-state index is 11.2. The van der Waals surface area contributed by atoms with Gasteiger partial charge in [0.05, 0.1) is 11.7 Å². The Kier molecular flexibility index (Phi) is 6.17. The van der Waals surface area contributed by atoms with Gasteiger partial charge in [0.1, 0.15) is 6.10 Å². The molecule has 0 aromatic rings. The first-order chi connectivity index (χ1) is 9.59. The molecule has 4 nitrogen and oxygen atoms in total. The number of aliphatic hydroxyl groups is 2. The number of allylic oxidation sites excluding steroid dienone is 1. The second kappa shape index (κ2) is 7.23. The molecule has 0 heterocycles. The molecule has 1 aliphatic rings. The van der Waals surface area contributed by atoms with E-state index >= 15 is 0 Å². The number of carbonyl (C=O) groups excluding carboxylic acids is 1. The monoisotopic (exact) mass is 296 g/mol. The first-order valence-electron chi connectivity index (χ1n) is 7.52. The second-order valence-electron chi connectivity index (χ2n) is 6.66. The molecular formula is C17H28O4. The number of hydrogen-bond donors (Lipinski definition) is 2. The number of carbonyl (C=O) groups is 1. The Bertz CT molecular complexity index is 417. The third-order valence-corrected chi connectivity index (χ3v) is 4.12. The highest BCUT2D eigenvalue weighted by Crippen LogP contribution is 2.31. The normalized spacial score (nSPS) is 31.2. The van der Waals surface area contributed by atoms with Gasteiger partial charge in [0, 0.05) is 13.3 Å². The molecule has 0 amide bonds. The fourth-order valence-electron chi connectivity index (χ4n) is 2.74. The van der Waals surface area contributed by atoms with Crippen molar-refractivity contribution in [1.82, 2.24) is 0 Å². The average molecular weight is 296 g/mol. The zero-order valence-corrected chi connectivity index (χ0v) is 13.6. The van der Waals surface area contributed by atoms with Crippen LogP contribution in [-0.4, -0.2) is 34.0 Å². The molecule has 0 saturated carbocycles. The smallest absolute Gasteiger partial charge is 0.303 e.